The van der Waals surface area contributed by atoms with Gasteiger partial charge in [-0.05, 0) is 22.0 Å². The van der Waals surface area contributed by atoms with Crippen LogP contribution in [0.4, 0.5) is 0 Å². The summed E-state index contributed by atoms with van der Waals surface area (Å²) in [5.41, 5.74) is 0. The Labute approximate surface area is 102 Å². The Balaban J connectivity index is 2.37. The molecule has 0 spiro atoms. The van der Waals surface area contributed by atoms with E-state index in [4.69, 9.17) is 0 Å². The van der Waals surface area contributed by atoms with Gasteiger partial charge in [0.15, 0.2) is 5.96 Å². The van der Waals surface area contributed by atoms with Gasteiger partial charge in [-0.2, -0.15) is 0 Å². The number of aliphatic imine (C=N–C) groups is 1. The van der Waals surface area contributed by atoms with Gasteiger partial charge in [-0.15, -0.1) is 17.9 Å². The molecule has 1 rings (SSSR count). The third-order valence-electron chi connectivity index (χ3n) is 1.69. The van der Waals surface area contributed by atoms with E-state index in [1.807, 2.05) is 0 Å². The van der Waals surface area contributed by atoms with E-state index in [-0.39, 0.29) is 0 Å². The first-order valence-electron chi connectivity index (χ1n) is 4.54. The van der Waals surface area contributed by atoms with Crippen LogP contribution >= 0.6 is 27.3 Å². The van der Waals surface area contributed by atoms with Crippen molar-refractivity contribution in [2.24, 2.45) is 4.99 Å². The van der Waals surface area contributed by atoms with Crippen molar-refractivity contribution in [1.82, 2.24) is 10.6 Å². The average Bonchev–Trinajstić information content (AvgIpc) is 2.65. The summed E-state index contributed by atoms with van der Waals surface area (Å²) in [6.07, 6.45) is 1.80. The first-order chi connectivity index (χ1) is 7.26. The molecule has 82 valence electrons. The Morgan fingerprint density at radius 1 is 1.67 bits per heavy atom. The van der Waals surface area contributed by atoms with Gasteiger partial charge in [0.1, 0.15) is 0 Å². The molecule has 2 N–H and O–H groups in total. The zero-order valence-electron chi connectivity index (χ0n) is 8.59. The monoisotopic (exact) mass is 287 g/mol. The molecule has 0 aromatic carbocycles. The first-order valence-corrected chi connectivity index (χ1v) is 6.22. The van der Waals surface area contributed by atoms with Gasteiger partial charge in [0.2, 0.25) is 0 Å². The number of hydrogen-bond donors (Lipinski definition) is 2. The molecule has 5 heteroatoms. The number of halogens is 1. The number of thiophene rings is 1. The Kier molecular flexibility index (Phi) is 5.42. The van der Waals surface area contributed by atoms with E-state index >= 15 is 0 Å². The zero-order chi connectivity index (χ0) is 11.1. The van der Waals surface area contributed by atoms with Gasteiger partial charge in [-0.3, -0.25) is 4.99 Å². The van der Waals surface area contributed by atoms with Gasteiger partial charge in [0.25, 0.3) is 0 Å². The topological polar surface area (TPSA) is 36.4 Å². The van der Waals surface area contributed by atoms with Gasteiger partial charge in [0, 0.05) is 28.3 Å². The molecule has 0 radical (unpaired) electrons. The highest BCUT2D eigenvalue weighted by Crippen LogP contribution is 2.19. The molecule has 0 aliphatic carbocycles. The molecule has 0 unspecified atom stereocenters. The molecule has 0 aliphatic rings. The second kappa shape index (κ2) is 6.63. The smallest absolute Gasteiger partial charge is 0.191 e. The van der Waals surface area contributed by atoms with Crippen LogP contribution in [-0.4, -0.2) is 19.6 Å². The summed E-state index contributed by atoms with van der Waals surface area (Å²) in [6.45, 7) is 5.14. The predicted octanol–water partition coefficient (Wildman–Crippen LogP) is 2.36. The van der Waals surface area contributed by atoms with E-state index < -0.39 is 0 Å². The van der Waals surface area contributed by atoms with Crippen molar-refractivity contribution >= 4 is 33.2 Å². The van der Waals surface area contributed by atoms with Crippen LogP contribution in [-0.2, 0) is 6.54 Å². The Hall–Kier alpha value is -0.810. The SMILES string of the molecule is C=CCNC(=NC)NCc1cc(Br)cs1. The summed E-state index contributed by atoms with van der Waals surface area (Å²) in [4.78, 5) is 5.35. The predicted molar refractivity (Wildman–Crippen MR) is 70.4 cm³/mol. The van der Waals surface area contributed by atoms with Gasteiger partial charge in [-0.25, -0.2) is 0 Å². The van der Waals surface area contributed by atoms with Crippen LogP contribution in [0.2, 0.25) is 0 Å². The lowest BCUT2D eigenvalue weighted by molar-refractivity contribution is 0.858. The average molecular weight is 288 g/mol. The fourth-order valence-corrected chi connectivity index (χ4v) is 2.40. The summed E-state index contributed by atoms with van der Waals surface area (Å²) in [6, 6.07) is 2.10. The molecule has 0 saturated heterocycles. The van der Waals surface area contributed by atoms with Gasteiger partial charge < -0.3 is 10.6 Å². The molecule has 15 heavy (non-hydrogen) atoms. The van der Waals surface area contributed by atoms with Crippen molar-refractivity contribution in [2.45, 2.75) is 6.54 Å². The minimum Gasteiger partial charge on any atom is -0.353 e. The van der Waals surface area contributed by atoms with Crippen molar-refractivity contribution in [3.05, 3.63) is 33.5 Å². The highest BCUT2D eigenvalue weighted by atomic mass is 79.9. The van der Waals surface area contributed by atoms with E-state index in [2.05, 4.69) is 49.6 Å². The maximum Gasteiger partial charge on any atom is 0.191 e. The Morgan fingerprint density at radius 3 is 3.00 bits per heavy atom. The van der Waals surface area contributed by atoms with E-state index in [0.29, 0.717) is 6.54 Å². The van der Waals surface area contributed by atoms with Gasteiger partial charge in [0.05, 0.1) is 6.54 Å². The van der Waals surface area contributed by atoms with Crippen molar-refractivity contribution < 1.29 is 0 Å². The molecule has 1 aromatic heterocycles. The lowest BCUT2D eigenvalue weighted by atomic mass is 10.4. The molecule has 1 heterocycles. The lowest BCUT2D eigenvalue weighted by Crippen LogP contribution is -2.36. The van der Waals surface area contributed by atoms with E-state index in [9.17, 15) is 0 Å². The highest BCUT2D eigenvalue weighted by molar-refractivity contribution is 9.10. The quantitative estimate of drug-likeness (QED) is 0.507. The van der Waals surface area contributed by atoms with Crippen LogP contribution in [0.5, 0.6) is 0 Å². The molecule has 0 amide bonds. The Morgan fingerprint density at radius 2 is 2.47 bits per heavy atom. The molecule has 0 bridgehead atoms. The van der Waals surface area contributed by atoms with Crippen molar-refractivity contribution in [3.63, 3.8) is 0 Å². The second-order valence-corrected chi connectivity index (χ2v) is 4.74. The summed E-state index contributed by atoms with van der Waals surface area (Å²) >= 11 is 5.14. The van der Waals surface area contributed by atoms with E-state index in [1.165, 1.54) is 4.88 Å². The maximum absolute atomic E-state index is 4.09. The molecule has 0 aliphatic heterocycles. The third-order valence-corrected chi connectivity index (χ3v) is 3.39. The van der Waals surface area contributed by atoms with Crippen LogP contribution < -0.4 is 10.6 Å². The van der Waals surface area contributed by atoms with Crippen LogP contribution in [0.3, 0.4) is 0 Å². The van der Waals surface area contributed by atoms with Crippen molar-refractivity contribution in [1.29, 1.82) is 0 Å². The number of hydrogen-bond acceptors (Lipinski definition) is 2. The Bertz CT molecular complexity index is 346. The van der Waals surface area contributed by atoms with Gasteiger partial charge >= 0.3 is 0 Å². The minimum atomic E-state index is 0.716. The molecule has 0 atom stereocenters. The van der Waals surface area contributed by atoms with Crippen LogP contribution in [0.25, 0.3) is 0 Å². The van der Waals surface area contributed by atoms with Crippen molar-refractivity contribution in [2.75, 3.05) is 13.6 Å². The molecule has 1 aromatic rings. The second-order valence-electron chi connectivity index (χ2n) is 2.83. The summed E-state index contributed by atoms with van der Waals surface area (Å²) in [5.74, 6) is 0.791. The van der Waals surface area contributed by atoms with Crippen molar-refractivity contribution in [3.8, 4) is 0 Å². The first kappa shape index (κ1) is 12.3. The number of guanidine groups is 1. The lowest BCUT2D eigenvalue weighted by Gasteiger charge is -2.08. The fraction of sp³-hybridized carbons (Fsp3) is 0.300. The van der Waals surface area contributed by atoms with Crippen LogP contribution in [0, 0.1) is 0 Å². The van der Waals surface area contributed by atoms with Crippen LogP contribution in [0.15, 0.2) is 33.6 Å². The number of nitrogens with zero attached hydrogens (tertiary/aromatic N) is 1. The molecular formula is C10H14BrN3S. The van der Waals surface area contributed by atoms with E-state index in [1.54, 1.807) is 24.5 Å². The standard InChI is InChI=1S/C10H14BrN3S/c1-3-4-13-10(12-2)14-6-9-5-8(11)7-15-9/h3,5,7H,1,4,6H2,2H3,(H2,12,13,14). The third kappa shape index (κ3) is 4.48. The molecule has 0 fully saturated rings. The minimum absolute atomic E-state index is 0.716. The summed E-state index contributed by atoms with van der Waals surface area (Å²) < 4.78 is 1.12. The zero-order valence-corrected chi connectivity index (χ0v) is 11.0. The van der Waals surface area contributed by atoms with Crippen LogP contribution in [0.1, 0.15) is 4.88 Å². The molecule has 0 saturated carbocycles. The number of nitrogens with one attached hydrogen (secondary N) is 2. The molecule has 3 nitrogen and oxygen atoms in total. The van der Waals surface area contributed by atoms with Gasteiger partial charge in [-0.1, -0.05) is 6.08 Å². The summed E-state index contributed by atoms with van der Waals surface area (Å²) in [5, 5.41) is 8.39. The largest absolute Gasteiger partial charge is 0.353 e. The normalized spacial score (nSPS) is 11.2. The summed E-state index contributed by atoms with van der Waals surface area (Å²) in [7, 11) is 1.75. The highest BCUT2D eigenvalue weighted by Gasteiger charge is 1.99. The fourth-order valence-electron chi connectivity index (χ4n) is 1.01. The molecular weight excluding hydrogens is 274 g/mol. The maximum atomic E-state index is 4.09. The number of rotatable bonds is 4. The van der Waals surface area contributed by atoms with E-state index in [0.717, 1.165) is 17.0 Å².